The van der Waals surface area contributed by atoms with Crippen LogP contribution in [0.3, 0.4) is 0 Å². The molecule has 76 valence electrons. The minimum absolute atomic E-state index is 0.403. The molecule has 0 radical (unpaired) electrons. The van der Waals surface area contributed by atoms with Crippen molar-refractivity contribution in [2.24, 2.45) is 0 Å². The number of carbonyl (C=O) groups excluding carboxylic acids is 1. The predicted octanol–water partition coefficient (Wildman–Crippen LogP) is 3.60. The maximum Gasteiger partial charge on any atom is 0.198 e. The van der Waals surface area contributed by atoms with Gasteiger partial charge in [0.1, 0.15) is 11.6 Å². The molecule has 0 atom stereocenters. The van der Waals surface area contributed by atoms with Gasteiger partial charge < -0.3 is 0 Å². The SMILES string of the molecule is O=C(c1cc(F)c(Cl)cc1F)C(Cl)Cl. The van der Waals surface area contributed by atoms with Gasteiger partial charge in [-0.2, -0.15) is 0 Å². The number of hydrogen-bond donors (Lipinski definition) is 0. The normalized spacial score (nSPS) is 10.7. The lowest BCUT2D eigenvalue weighted by molar-refractivity contribution is 0.100. The van der Waals surface area contributed by atoms with E-state index in [9.17, 15) is 13.6 Å². The summed E-state index contributed by atoms with van der Waals surface area (Å²) in [5.74, 6) is -2.75. The molecule has 1 aromatic carbocycles. The molecular formula is C8H3Cl3F2O. The molecule has 1 aromatic rings. The Morgan fingerprint density at radius 3 is 2.29 bits per heavy atom. The molecule has 6 heteroatoms. The first kappa shape index (κ1) is 11.7. The lowest BCUT2D eigenvalue weighted by Gasteiger charge is -2.03. The molecule has 0 heterocycles. The van der Waals surface area contributed by atoms with E-state index in [-0.39, 0.29) is 0 Å². The van der Waals surface area contributed by atoms with Crippen LogP contribution in [0, 0.1) is 11.6 Å². The van der Waals surface area contributed by atoms with Gasteiger partial charge in [0.2, 0.25) is 0 Å². The average Bonchev–Trinajstić information content (AvgIpc) is 2.10. The van der Waals surface area contributed by atoms with Crippen molar-refractivity contribution in [3.8, 4) is 0 Å². The standard InChI is InChI=1S/C8H3Cl3F2O/c9-4-2-5(12)3(1-6(4)13)7(14)8(10)11/h1-2,8H. The van der Waals surface area contributed by atoms with Gasteiger partial charge in [-0.3, -0.25) is 4.79 Å². The third-order valence-electron chi connectivity index (χ3n) is 1.47. The van der Waals surface area contributed by atoms with Gasteiger partial charge in [-0.1, -0.05) is 34.8 Å². The van der Waals surface area contributed by atoms with E-state index in [4.69, 9.17) is 34.8 Å². The van der Waals surface area contributed by atoms with Gasteiger partial charge in [0.05, 0.1) is 10.6 Å². The van der Waals surface area contributed by atoms with E-state index in [1.807, 2.05) is 0 Å². The lowest BCUT2D eigenvalue weighted by Crippen LogP contribution is -2.11. The Bertz CT molecular complexity index is 379. The quantitative estimate of drug-likeness (QED) is 0.450. The van der Waals surface area contributed by atoms with E-state index in [0.717, 1.165) is 0 Å². The molecule has 0 aliphatic carbocycles. The number of alkyl halides is 2. The van der Waals surface area contributed by atoms with Crippen LogP contribution in [0.5, 0.6) is 0 Å². The summed E-state index contributed by atoms with van der Waals surface area (Å²) in [5, 5.41) is -0.403. The van der Waals surface area contributed by atoms with Crippen LogP contribution in [0.4, 0.5) is 8.78 Å². The second-order valence-electron chi connectivity index (χ2n) is 2.41. The molecule has 0 spiro atoms. The van der Waals surface area contributed by atoms with E-state index in [1.54, 1.807) is 0 Å². The molecule has 0 aliphatic rings. The van der Waals surface area contributed by atoms with Crippen LogP contribution in [0.2, 0.25) is 5.02 Å². The van der Waals surface area contributed by atoms with Crippen molar-refractivity contribution in [3.63, 3.8) is 0 Å². The van der Waals surface area contributed by atoms with Crippen molar-refractivity contribution in [2.75, 3.05) is 0 Å². The van der Waals surface area contributed by atoms with Gasteiger partial charge in [0, 0.05) is 0 Å². The van der Waals surface area contributed by atoms with Crippen LogP contribution in [0.1, 0.15) is 10.4 Å². The van der Waals surface area contributed by atoms with Crippen LogP contribution in [-0.4, -0.2) is 10.6 Å². The second kappa shape index (κ2) is 4.43. The first-order chi connectivity index (χ1) is 6.43. The highest BCUT2D eigenvalue weighted by atomic mass is 35.5. The summed E-state index contributed by atoms with van der Waals surface area (Å²) in [7, 11) is 0. The van der Waals surface area contributed by atoms with Gasteiger partial charge in [-0.25, -0.2) is 8.78 Å². The van der Waals surface area contributed by atoms with Crippen molar-refractivity contribution in [3.05, 3.63) is 34.4 Å². The van der Waals surface area contributed by atoms with Crippen LogP contribution in [-0.2, 0) is 0 Å². The summed E-state index contributed by atoms with van der Waals surface area (Å²) in [4.78, 5) is 9.69. The molecule has 0 N–H and O–H groups in total. The van der Waals surface area contributed by atoms with E-state index in [1.165, 1.54) is 0 Å². The molecule has 0 saturated carbocycles. The van der Waals surface area contributed by atoms with Crippen molar-refractivity contribution in [2.45, 2.75) is 4.84 Å². The molecule has 0 bridgehead atoms. The number of hydrogen-bond acceptors (Lipinski definition) is 1. The number of benzene rings is 1. The summed E-state index contributed by atoms with van der Waals surface area (Å²) in [6, 6.07) is 1.36. The third kappa shape index (κ3) is 2.35. The fourth-order valence-electron chi connectivity index (χ4n) is 0.829. The summed E-state index contributed by atoms with van der Waals surface area (Å²) in [6.45, 7) is 0. The summed E-state index contributed by atoms with van der Waals surface area (Å²) in [6.07, 6.45) is 0. The molecule has 0 amide bonds. The Kier molecular flexibility index (Phi) is 3.70. The summed E-state index contributed by atoms with van der Waals surface area (Å²) >= 11 is 15.7. The molecule has 1 rings (SSSR count). The molecule has 0 fully saturated rings. The van der Waals surface area contributed by atoms with Crippen molar-refractivity contribution in [1.29, 1.82) is 0 Å². The largest absolute Gasteiger partial charge is 0.291 e. The summed E-state index contributed by atoms with van der Waals surface area (Å²) in [5.41, 5.74) is -0.512. The molecule has 0 unspecified atom stereocenters. The predicted molar refractivity (Wildman–Crippen MR) is 51.2 cm³/mol. The number of Topliss-reactive ketones (excluding diaryl/α,β-unsaturated/α-hetero) is 1. The Hall–Kier alpha value is -0.380. The highest BCUT2D eigenvalue weighted by Gasteiger charge is 2.20. The number of rotatable bonds is 2. The van der Waals surface area contributed by atoms with Crippen molar-refractivity contribution in [1.82, 2.24) is 0 Å². The van der Waals surface area contributed by atoms with E-state index in [2.05, 4.69) is 0 Å². The fourth-order valence-corrected chi connectivity index (χ4v) is 1.21. The van der Waals surface area contributed by atoms with Gasteiger partial charge in [-0.15, -0.1) is 0 Å². The highest BCUT2D eigenvalue weighted by molar-refractivity contribution is 6.55. The minimum atomic E-state index is -1.43. The molecule has 1 nitrogen and oxygen atoms in total. The average molecular weight is 259 g/mol. The Labute approximate surface area is 93.6 Å². The first-order valence-corrected chi connectivity index (χ1v) is 4.65. The number of halogens is 5. The first-order valence-electron chi connectivity index (χ1n) is 3.40. The molecule has 0 saturated heterocycles. The zero-order valence-electron chi connectivity index (χ0n) is 6.53. The highest BCUT2D eigenvalue weighted by Crippen LogP contribution is 2.22. The second-order valence-corrected chi connectivity index (χ2v) is 3.91. The van der Waals surface area contributed by atoms with Gasteiger partial charge >= 0.3 is 0 Å². The van der Waals surface area contributed by atoms with Gasteiger partial charge in [0.25, 0.3) is 0 Å². The van der Waals surface area contributed by atoms with Gasteiger partial charge in [0.15, 0.2) is 10.6 Å². The van der Waals surface area contributed by atoms with E-state index in [0.29, 0.717) is 12.1 Å². The molecular weight excluding hydrogens is 256 g/mol. The van der Waals surface area contributed by atoms with Crippen molar-refractivity contribution >= 4 is 40.6 Å². The maximum atomic E-state index is 13.1. The summed E-state index contributed by atoms with van der Waals surface area (Å²) < 4.78 is 25.9. The van der Waals surface area contributed by atoms with E-state index >= 15 is 0 Å². The zero-order valence-corrected chi connectivity index (χ0v) is 8.80. The topological polar surface area (TPSA) is 17.1 Å². The van der Waals surface area contributed by atoms with Crippen LogP contribution >= 0.6 is 34.8 Å². The Morgan fingerprint density at radius 2 is 1.79 bits per heavy atom. The Balaban J connectivity index is 3.22. The third-order valence-corrected chi connectivity index (χ3v) is 2.16. The fraction of sp³-hybridized carbons (Fsp3) is 0.125. The minimum Gasteiger partial charge on any atom is -0.291 e. The van der Waals surface area contributed by atoms with Crippen LogP contribution in [0.25, 0.3) is 0 Å². The van der Waals surface area contributed by atoms with E-state index < -0.39 is 32.8 Å². The zero-order chi connectivity index (χ0) is 10.9. The number of carbonyl (C=O) groups is 1. The molecule has 14 heavy (non-hydrogen) atoms. The number of ketones is 1. The monoisotopic (exact) mass is 258 g/mol. The Morgan fingerprint density at radius 1 is 1.21 bits per heavy atom. The smallest absolute Gasteiger partial charge is 0.198 e. The van der Waals surface area contributed by atoms with Crippen LogP contribution < -0.4 is 0 Å². The van der Waals surface area contributed by atoms with Gasteiger partial charge in [-0.05, 0) is 12.1 Å². The van der Waals surface area contributed by atoms with Crippen molar-refractivity contribution < 1.29 is 13.6 Å². The molecule has 0 aromatic heterocycles. The molecule has 0 aliphatic heterocycles. The maximum absolute atomic E-state index is 13.1. The van der Waals surface area contributed by atoms with Crippen LogP contribution in [0.15, 0.2) is 12.1 Å². The lowest BCUT2D eigenvalue weighted by atomic mass is 10.1.